The van der Waals surface area contributed by atoms with Crippen molar-refractivity contribution in [3.8, 4) is 0 Å². The lowest BCUT2D eigenvalue weighted by molar-refractivity contribution is 0.0529. The molecule has 2 heterocycles. The van der Waals surface area contributed by atoms with Crippen LogP contribution in [0.3, 0.4) is 0 Å². The molecule has 2 aromatic rings. The zero-order chi connectivity index (χ0) is 14.4. The molecule has 0 N–H and O–H groups in total. The summed E-state index contributed by atoms with van der Waals surface area (Å²) in [4.78, 5) is 12.0. The summed E-state index contributed by atoms with van der Waals surface area (Å²) in [6, 6.07) is 7.91. The highest BCUT2D eigenvalue weighted by atomic mass is 16.5. The van der Waals surface area contributed by atoms with Crippen molar-refractivity contribution in [2.75, 3.05) is 6.61 Å². The van der Waals surface area contributed by atoms with E-state index in [1.807, 2.05) is 37.4 Å². The van der Waals surface area contributed by atoms with E-state index in [9.17, 15) is 4.79 Å². The second kappa shape index (κ2) is 7.13. The van der Waals surface area contributed by atoms with Crippen LogP contribution < -0.4 is 0 Å². The largest absolute Gasteiger partial charge is 0.462 e. The van der Waals surface area contributed by atoms with Gasteiger partial charge in [0.05, 0.1) is 17.7 Å². The summed E-state index contributed by atoms with van der Waals surface area (Å²) in [5.41, 5.74) is 2.81. The predicted molar refractivity (Wildman–Crippen MR) is 81.2 cm³/mol. The molecule has 0 aliphatic heterocycles. The highest BCUT2D eigenvalue weighted by Gasteiger charge is 2.15. The maximum Gasteiger partial charge on any atom is 0.340 e. The Kier molecular flexibility index (Phi) is 5.22. The van der Waals surface area contributed by atoms with Gasteiger partial charge in [-0.25, -0.2) is 4.79 Å². The zero-order valence-electron chi connectivity index (χ0n) is 12.4. The summed E-state index contributed by atoms with van der Waals surface area (Å²) in [6.45, 7) is 4.46. The van der Waals surface area contributed by atoms with Gasteiger partial charge in [-0.3, -0.25) is 0 Å². The molecule has 0 fully saturated rings. The number of esters is 1. The number of pyridine rings is 1. The zero-order valence-corrected chi connectivity index (χ0v) is 12.4. The molecule has 3 heteroatoms. The van der Waals surface area contributed by atoms with Gasteiger partial charge in [-0.05, 0) is 38.0 Å². The van der Waals surface area contributed by atoms with Crippen LogP contribution in [-0.4, -0.2) is 17.0 Å². The molecule has 3 nitrogen and oxygen atoms in total. The Morgan fingerprint density at radius 3 is 2.80 bits per heavy atom. The minimum absolute atomic E-state index is 0.226. The van der Waals surface area contributed by atoms with Crippen LogP contribution in [0, 0.1) is 0 Å². The number of aromatic nitrogens is 1. The second-order valence-corrected chi connectivity index (χ2v) is 5.04. The third kappa shape index (κ3) is 3.21. The number of hydrogen-bond acceptors (Lipinski definition) is 2. The van der Waals surface area contributed by atoms with Gasteiger partial charge in [0.25, 0.3) is 0 Å². The summed E-state index contributed by atoms with van der Waals surface area (Å²) < 4.78 is 7.25. The number of rotatable bonds is 7. The summed E-state index contributed by atoms with van der Waals surface area (Å²) in [6.07, 6.45) is 7.94. The average molecular weight is 273 g/mol. The molecule has 0 spiro atoms. The highest BCUT2D eigenvalue weighted by molar-refractivity contribution is 5.97. The number of unbranched alkanes of at least 4 members (excludes halogenated alkanes) is 3. The second-order valence-electron chi connectivity index (χ2n) is 5.04. The molecule has 20 heavy (non-hydrogen) atoms. The number of fused-ring (bicyclic) bond motifs is 1. The van der Waals surface area contributed by atoms with Crippen molar-refractivity contribution in [3.63, 3.8) is 0 Å². The summed E-state index contributed by atoms with van der Waals surface area (Å²) in [5, 5.41) is 0. The third-order valence-electron chi connectivity index (χ3n) is 3.54. The van der Waals surface area contributed by atoms with E-state index < -0.39 is 0 Å². The Morgan fingerprint density at radius 2 is 2.05 bits per heavy atom. The monoisotopic (exact) mass is 273 g/mol. The van der Waals surface area contributed by atoms with Gasteiger partial charge >= 0.3 is 5.97 Å². The SMILES string of the molecule is CCCCCCc1cc(C(=O)OCC)c2ccccn12. The molecule has 0 saturated carbocycles. The van der Waals surface area contributed by atoms with Gasteiger partial charge in [0.1, 0.15) is 0 Å². The lowest BCUT2D eigenvalue weighted by atomic mass is 10.1. The number of hydrogen-bond donors (Lipinski definition) is 0. The maximum atomic E-state index is 12.0. The Bertz CT molecular complexity index is 571. The van der Waals surface area contributed by atoms with Gasteiger partial charge in [0, 0.05) is 11.9 Å². The van der Waals surface area contributed by atoms with Gasteiger partial charge in [-0.2, -0.15) is 0 Å². The predicted octanol–water partition coefficient (Wildman–Crippen LogP) is 4.24. The average Bonchev–Trinajstić information content (AvgIpc) is 2.83. The first-order valence-corrected chi connectivity index (χ1v) is 7.54. The molecule has 2 aromatic heterocycles. The van der Waals surface area contributed by atoms with Crippen molar-refractivity contribution in [3.05, 3.63) is 41.7 Å². The van der Waals surface area contributed by atoms with Crippen LogP contribution in [0.2, 0.25) is 0 Å². The van der Waals surface area contributed by atoms with Crippen LogP contribution in [0.4, 0.5) is 0 Å². The highest BCUT2D eigenvalue weighted by Crippen LogP contribution is 2.20. The van der Waals surface area contributed by atoms with E-state index >= 15 is 0 Å². The molecule has 0 radical (unpaired) electrons. The number of ether oxygens (including phenoxy) is 1. The van der Waals surface area contributed by atoms with E-state index in [1.54, 1.807) is 0 Å². The van der Waals surface area contributed by atoms with E-state index in [4.69, 9.17) is 4.74 Å². The first kappa shape index (κ1) is 14.6. The number of carbonyl (C=O) groups excluding carboxylic acids is 1. The van der Waals surface area contributed by atoms with E-state index in [-0.39, 0.29) is 5.97 Å². The van der Waals surface area contributed by atoms with Crippen LogP contribution in [-0.2, 0) is 11.2 Å². The molecule has 0 aliphatic carbocycles. The molecule has 0 aromatic carbocycles. The molecule has 0 atom stereocenters. The van der Waals surface area contributed by atoms with Crippen molar-refractivity contribution >= 4 is 11.5 Å². The van der Waals surface area contributed by atoms with Crippen LogP contribution in [0.25, 0.3) is 5.52 Å². The molecule has 108 valence electrons. The van der Waals surface area contributed by atoms with Gasteiger partial charge < -0.3 is 9.14 Å². The number of nitrogens with zero attached hydrogens (tertiary/aromatic N) is 1. The van der Waals surface area contributed by atoms with Crippen molar-refractivity contribution < 1.29 is 9.53 Å². The van der Waals surface area contributed by atoms with Gasteiger partial charge in [-0.15, -0.1) is 0 Å². The fourth-order valence-corrected chi connectivity index (χ4v) is 2.52. The number of aryl methyl sites for hydroxylation is 1. The molecular formula is C17H23NO2. The van der Waals surface area contributed by atoms with Gasteiger partial charge in [0.2, 0.25) is 0 Å². The fourth-order valence-electron chi connectivity index (χ4n) is 2.52. The quantitative estimate of drug-likeness (QED) is 0.558. The molecule has 0 aliphatic rings. The lowest BCUT2D eigenvalue weighted by Crippen LogP contribution is -2.03. The topological polar surface area (TPSA) is 30.7 Å². The lowest BCUT2D eigenvalue weighted by Gasteiger charge is -2.02. The van der Waals surface area contributed by atoms with Crippen LogP contribution in [0.5, 0.6) is 0 Å². The molecule has 0 saturated heterocycles. The number of carbonyl (C=O) groups is 1. The van der Waals surface area contributed by atoms with E-state index in [0.717, 1.165) is 18.4 Å². The van der Waals surface area contributed by atoms with Crippen LogP contribution in [0.1, 0.15) is 55.6 Å². The molecule has 0 unspecified atom stereocenters. The third-order valence-corrected chi connectivity index (χ3v) is 3.54. The Balaban J connectivity index is 2.24. The first-order valence-electron chi connectivity index (χ1n) is 7.54. The Morgan fingerprint density at radius 1 is 1.20 bits per heavy atom. The first-order chi connectivity index (χ1) is 9.77. The van der Waals surface area contributed by atoms with Gasteiger partial charge in [-0.1, -0.05) is 32.3 Å². The van der Waals surface area contributed by atoms with Crippen LogP contribution >= 0.6 is 0 Å². The normalized spacial score (nSPS) is 10.9. The summed E-state index contributed by atoms with van der Waals surface area (Å²) >= 11 is 0. The molecule has 0 bridgehead atoms. The maximum absolute atomic E-state index is 12.0. The minimum Gasteiger partial charge on any atom is -0.462 e. The standard InChI is InChI=1S/C17H23NO2/c1-3-5-6-7-10-14-13-15(17(19)20-4-2)16-11-8-9-12-18(14)16/h8-9,11-13H,3-7,10H2,1-2H3. The molecule has 2 rings (SSSR count). The Hall–Kier alpha value is -1.77. The Labute approximate surface area is 120 Å². The summed E-state index contributed by atoms with van der Waals surface area (Å²) in [5.74, 6) is -0.226. The van der Waals surface area contributed by atoms with Crippen molar-refractivity contribution in [2.45, 2.75) is 46.0 Å². The molecular weight excluding hydrogens is 250 g/mol. The van der Waals surface area contributed by atoms with E-state index in [1.165, 1.54) is 25.0 Å². The van der Waals surface area contributed by atoms with E-state index in [0.29, 0.717) is 12.2 Å². The van der Waals surface area contributed by atoms with Crippen LogP contribution in [0.15, 0.2) is 30.5 Å². The molecule has 0 amide bonds. The van der Waals surface area contributed by atoms with Crippen molar-refractivity contribution in [1.82, 2.24) is 4.40 Å². The van der Waals surface area contributed by atoms with E-state index in [2.05, 4.69) is 11.3 Å². The van der Waals surface area contributed by atoms with Crippen molar-refractivity contribution in [1.29, 1.82) is 0 Å². The summed E-state index contributed by atoms with van der Waals surface area (Å²) in [7, 11) is 0. The van der Waals surface area contributed by atoms with Crippen molar-refractivity contribution in [2.24, 2.45) is 0 Å². The minimum atomic E-state index is -0.226. The fraction of sp³-hybridized carbons (Fsp3) is 0.471. The van der Waals surface area contributed by atoms with Gasteiger partial charge in [0.15, 0.2) is 0 Å². The smallest absolute Gasteiger partial charge is 0.340 e.